The summed E-state index contributed by atoms with van der Waals surface area (Å²) in [5.41, 5.74) is 4.51. The molecular weight excluding hydrogens is 357 g/mol. The quantitative estimate of drug-likeness (QED) is 0.273. The summed E-state index contributed by atoms with van der Waals surface area (Å²) in [4.78, 5) is 1.80. The van der Waals surface area contributed by atoms with Gasteiger partial charge < -0.3 is 5.73 Å². The number of hydrogen-bond acceptors (Lipinski definition) is 4. The molecule has 1 rings (SSSR count). The fourth-order valence-corrected chi connectivity index (χ4v) is 2.96. The standard InChI is InChI=1S/C13H16F5N3O2S/c1-4-13(3,19)12(20-5-2)21-24(22,23)11-9(17)7(15)6(14)8(16)10(11)18/h4-5,19H2,1-3H3,(H,20,21). The van der Waals surface area contributed by atoms with Crippen molar-refractivity contribution in [3.63, 3.8) is 0 Å². The summed E-state index contributed by atoms with van der Waals surface area (Å²) in [6.07, 6.45) is 0.186. The van der Waals surface area contributed by atoms with Gasteiger partial charge in [-0.3, -0.25) is 9.71 Å². The van der Waals surface area contributed by atoms with Crippen LogP contribution in [-0.2, 0) is 10.0 Å². The average molecular weight is 373 g/mol. The van der Waals surface area contributed by atoms with Crippen molar-refractivity contribution < 1.29 is 30.4 Å². The first-order chi connectivity index (χ1) is 10.9. The Labute approximate surface area is 135 Å². The van der Waals surface area contributed by atoms with E-state index in [9.17, 15) is 30.4 Å². The monoisotopic (exact) mass is 373 g/mol. The number of amidine groups is 1. The highest BCUT2D eigenvalue weighted by atomic mass is 32.2. The molecule has 5 nitrogen and oxygen atoms in total. The van der Waals surface area contributed by atoms with Crippen LogP contribution in [0.3, 0.4) is 0 Å². The van der Waals surface area contributed by atoms with Crippen LogP contribution in [0.5, 0.6) is 0 Å². The molecule has 0 saturated carbocycles. The van der Waals surface area contributed by atoms with Crippen molar-refractivity contribution in [2.24, 2.45) is 10.7 Å². The van der Waals surface area contributed by atoms with Gasteiger partial charge in [-0.25, -0.2) is 30.4 Å². The van der Waals surface area contributed by atoms with Crippen molar-refractivity contribution in [1.82, 2.24) is 4.72 Å². The van der Waals surface area contributed by atoms with E-state index in [-0.39, 0.29) is 18.8 Å². The van der Waals surface area contributed by atoms with E-state index in [4.69, 9.17) is 5.73 Å². The first-order valence-corrected chi connectivity index (χ1v) is 8.27. The molecule has 0 fully saturated rings. The van der Waals surface area contributed by atoms with Crippen LogP contribution in [0.1, 0.15) is 27.2 Å². The Morgan fingerprint density at radius 3 is 1.83 bits per heavy atom. The lowest BCUT2D eigenvalue weighted by Crippen LogP contribution is -2.53. The van der Waals surface area contributed by atoms with Crippen LogP contribution in [0, 0.1) is 29.1 Å². The van der Waals surface area contributed by atoms with Crippen LogP contribution in [0.4, 0.5) is 22.0 Å². The Bertz CT molecular complexity index is 749. The topological polar surface area (TPSA) is 84.5 Å². The summed E-state index contributed by atoms with van der Waals surface area (Å²) >= 11 is 0. The SMILES string of the molecule is CC/N=C(/NS(=O)(=O)c1c(F)c(F)c(F)c(F)c1F)C(C)(N)CC. The number of nitrogens with two attached hydrogens (primary N) is 1. The number of benzene rings is 1. The first-order valence-electron chi connectivity index (χ1n) is 6.78. The maximum atomic E-state index is 13.7. The van der Waals surface area contributed by atoms with Crippen molar-refractivity contribution in [1.29, 1.82) is 0 Å². The largest absolute Gasteiger partial charge is 0.319 e. The Morgan fingerprint density at radius 2 is 1.46 bits per heavy atom. The van der Waals surface area contributed by atoms with E-state index < -0.39 is 49.5 Å². The maximum Gasteiger partial charge on any atom is 0.268 e. The smallest absolute Gasteiger partial charge is 0.268 e. The van der Waals surface area contributed by atoms with E-state index in [0.717, 1.165) is 0 Å². The van der Waals surface area contributed by atoms with E-state index >= 15 is 0 Å². The summed E-state index contributed by atoms with van der Waals surface area (Å²) in [5.74, 6) is -12.5. The van der Waals surface area contributed by atoms with Crippen LogP contribution in [0.25, 0.3) is 0 Å². The molecule has 24 heavy (non-hydrogen) atoms. The van der Waals surface area contributed by atoms with E-state index in [0.29, 0.717) is 0 Å². The summed E-state index contributed by atoms with van der Waals surface area (Å²) in [5, 5.41) is 0. The molecule has 1 unspecified atom stereocenters. The number of aliphatic imine (C=N–C) groups is 1. The van der Waals surface area contributed by atoms with Crippen molar-refractivity contribution in [2.45, 2.75) is 37.6 Å². The van der Waals surface area contributed by atoms with Crippen LogP contribution >= 0.6 is 0 Å². The van der Waals surface area contributed by atoms with Gasteiger partial charge in [-0.05, 0) is 20.3 Å². The van der Waals surface area contributed by atoms with Gasteiger partial charge in [0.2, 0.25) is 5.82 Å². The van der Waals surface area contributed by atoms with E-state index in [1.54, 1.807) is 18.6 Å². The minimum Gasteiger partial charge on any atom is -0.319 e. The number of rotatable bonds is 5. The zero-order chi connectivity index (χ0) is 18.9. The normalized spacial score (nSPS) is 15.3. The number of sulfonamides is 1. The highest BCUT2D eigenvalue weighted by Gasteiger charge is 2.36. The highest BCUT2D eigenvalue weighted by Crippen LogP contribution is 2.26. The predicted molar refractivity (Wildman–Crippen MR) is 77.4 cm³/mol. The molecule has 136 valence electrons. The van der Waals surface area contributed by atoms with Gasteiger partial charge >= 0.3 is 0 Å². The lowest BCUT2D eigenvalue weighted by molar-refractivity contribution is 0.357. The molecule has 0 aromatic heterocycles. The third-order valence-corrected chi connectivity index (χ3v) is 4.62. The molecule has 0 aliphatic heterocycles. The van der Waals surface area contributed by atoms with Crippen molar-refractivity contribution in [2.75, 3.05) is 6.54 Å². The molecule has 0 saturated heterocycles. The third-order valence-electron chi connectivity index (χ3n) is 3.26. The molecule has 0 radical (unpaired) electrons. The number of halogens is 5. The Kier molecular flexibility index (Phi) is 5.93. The van der Waals surface area contributed by atoms with Gasteiger partial charge in [0.25, 0.3) is 10.0 Å². The molecule has 0 aliphatic carbocycles. The minimum absolute atomic E-state index is 0.0712. The molecule has 0 spiro atoms. The number of nitrogens with one attached hydrogen (secondary N) is 1. The van der Waals surface area contributed by atoms with Gasteiger partial charge in [0.05, 0.1) is 5.54 Å². The molecule has 0 bridgehead atoms. The fourth-order valence-electron chi connectivity index (χ4n) is 1.65. The van der Waals surface area contributed by atoms with Gasteiger partial charge in [-0.1, -0.05) is 6.92 Å². The molecule has 11 heteroatoms. The molecule has 0 aliphatic rings. The molecule has 1 aromatic rings. The third kappa shape index (κ3) is 3.66. The van der Waals surface area contributed by atoms with Crippen LogP contribution < -0.4 is 10.5 Å². The summed E-state index contributed by atoms with van der Waals surface area (Å²) in [6.45, 7) is 4.60. The first kappa shape index (κ1) is 20.3. The molecule has 1 aromatic carbocycles. The van der Waals surface area contributed by atoms with Crippen LogP contribution in [-0.4, -0.2) is 26.3 Å². The Hall–Kier alpha value is -1.75. The second-order valence-corrected chi connectivity index (χ2v) is 6.72. The summed E-state index contributed by atoms with van der Waals surface area (Å²) in [6, 6.07) is 0. The minimum atomic E-state index is -5.16. The van der Waals surface area contributed by atoms with Gasteiger partial charge in [0, 0.05) is 6.54 Å². The van der Waals surface area contributed by atoms with Crippen LogP contribution in [0.15, 0.2) is 9.89 Å². The van der Waals surface area contributed by atoms with Gasteiger partial charge in [0.1, 0.15) is 5.84 Å². The predicted octanol–water partition coefficient (Wildman–Crippen LogP) is 2.21. The van der Waals surface area contributed by atoms with E-state index in [1.165, 1.54) is 6.92 Å². The van der Waals surface area contributed by atoms with Gasteiger partial charge in [-0.15, -0.1) is 0 Å². The molecule has 0 heterocycles. The van der Waals surface area contributed by atoms with Crippen LogP contribution in [0.2, 0.25) is 0 Å². The lowest BCUT2D eigenvalue weighted by Gasteiger charge is -2.26. The van der Waals surface area contributed by atoms with Gasteiger partial charge in [-0.2, -0.15) is 0 Å². The summed E-state index contributed by atoms with van der Waals surface area (Å²) in [7, 11) is -5.16. The second kappa shape index (κ2) is 7.01. The lowest BCUT2D eigenvalue weighted by atomic mass is 9.99. The number of hydrogen-bond donors (Lipinski definition) is 2. The Balaban J connectivity index is 3.55. The van der Waals surface area contributed by atoms with Gasteiger partial charge in [0.15, 0.2) is 28.2 Å². The molecule has 1 atom stereocenters. The number of nitrogens with zero attached hydrogens (tertiary/aromatic N) is 1. The zero-order valence-corrected chi connectivity index (χ0v) is 13.9. The fraction of sp³-hybridized carbons (Fsp3) is 0.462. The van der Waals surface area contributed by atoms with Crippen molar-refractivity contribution in [3.05, 3.63) is 29.1 Å². The Morgan fingerprint density at radius 1 is 1.04 bits per heavy atom. The van der Waals surface area contributed by atoms with Crippen molar-refractivity contribution in [3.8, 4) is 0 Å². The van der Waals surface area contributed by atoms with Crippen molar-refractivity contribution >= 4 is 15.9 Å². The molecular formula is C13H16F5N3O2S. The molecule has 0 amide bonds. The highest BCUT2D eigenvalue weighted by molar-refractivity contribution is 7.90. The summed E-state index contributed by atoms with van der Waals surface area (Å²) < 4.78 is 92.9. The van der Waals surface area contributed by atoms with E-state index in [1.807, 2.05) is 0 Å². The average Bonchev–Trinajstić information content (AvgIpc) is 2.50. The maximum absolute atomic E-state index is 13.7. The second-order valence-electron chi connectivity index (χ2n) is 5.10. The zero-order valence-electron chi connectivity index (χ0n) is 13.1. The van der Waals surface area contributed by atoms with E-state index in [2.05, 4.69) is 4.99 Å². The molecule has 3 N–H and O–H groups in total.